The van der Waals surface area contributed by atoms with Crippen LogP contribution in [0.1, 0.15) is 13.3 Å². The van der Waals surface area contributed by atoms with E-state index < -0.39 is 0 Å². The number of nitrogens with one attached hydrogen (secondary N) is 2. The second-order valence-electron chi connectivity index (χ2n) is 5.81. The molecule has 4 N–H and O–H groups in total. The number of halogens is 2. The van der Waals surface area contributed by atoms with Crippen LogP contribution >= 0.6 is 24.8 Å². The van der Waals surface area contributed by atoms with Crippen molar-refractivity contribution in [2.24, 2.45) is 0 Å². The third-order valence-corrected chi connectivity index (χ3v) is 4.43. The van der Waals surface area contributed by atoms with Crippen LogP contribution in [0.25, 0.3) is 0 Å². The summed E-state index contributed by atoms with van der Waals surface area (Å²) in [6.07, 6.45) is 1.10. The van der Waals surface area contributed by atoms with E-state index in [4.69, 9.17) is 15.2 Å². The van der Waals surface area contributed by atoms with E-state index in [2.05, 4.69) is 25.5 Å². The first-order valence-electron chi connectivity index (χ1n) is 7.64. The zero-order valence-corrected chi connectivity index (χ0v) is 15.7. The third-order valence-electron chi connectivity index (χ3n) is 4.43. The zero-order valence-electron chi connectivity index (χ0n) is 14.1. The highest BCUT2D eigenvalue weighted by Gasteiger charge is 2.32. The Morgan fingerprint density at radius 3 is 2.79 bits per heavy atom. The minimum atomic E-state index is 0. The van der Waals surface area contributed by atoms with Crippen LogP contribution in [-0.2, 0) is 4.74 Å². The molecular weight excluding hydrogens is 355 g/mol. The van der Waals surface area contributed by atoms with Gasteiger partial charge in [-0.2, -0.15) is 9.97 Å². The van der Waals surface area contributed by atoms with Crippen LogP contribution in [0.3, 0.4) is 0 Å². The number of nitrogens with zero attached hydrogens (tertiary/aromatic N) is 3. The first-order valence-corrected chi connectivity index (χ1v) is 7.64. The van der Waals surface area contributed by atoms with Gasteiger partial charge in [-0.25, -0.2) is 0 Å². The quantitative estimate of drug-likeness (QED) is 0.708. The third kappa shape index (κ3) is 4.05. The van der Waals surface area contributed by atoms with Gasteiger partial charge in [0.1, 0.15) is 6.61 Å². The van der Waals surface area contributed by atoms with Crippen molar-refractivity contribution in [3.8, 4) is 5.75 Å². The summed E-state index contributed by atoms with van der Waals surface area (Å²) in [5.74, 6) is 2.36. The normalized spacial score (nSPS) is 23.2. The van der Waals surface area contributed by atoms with Gasteiger partial charge in [-0.05, 0) is 20.4 Å². The summed E-state index contributed by atoms with van der Waals surface area (Å²) in [5.41, 5.74) is 5.88. The van der Waals surface area contributed by atoms with Crippen LogP contribution in [0.5, 0.6) is 5.75 Å². The van der Waals surface area contributed by atoms with Crippen molar-refractivity contribution in [3.05, 3.63) is 0 Å². The fourth-order valence-electron chi connectivity index (χ4n) is 2.90. The van der Waals surface area contributed by atoms with Crippen molar-refractivity contribution in [3.63, 3.8) is 0 Å². The molecule has 138 valence electrons. The smallest absolute Gasteiger partial charge is 0.224 e. The number of anilines is 3. The van der Waals surface area contributed by atoms with E-state index in [0.29, 0.717) is 24.2 Å². The SMILES string of the molecule is CN[C@@H]1CCN(c2nc(N)nc3c2OC[C@@H]([C@@H](C)OC)N3)C1.Cl.Cl. The number of ether oxygens (including phenoxy) is 2. The summed E-state index contributed by atoms with van der Waals surface area (Å²) in [5, 5.41) is 6.65. The maximum absolute atomic E-state index is 5.94. The van der Waals surface area contributed by atoms with Crippen molar-refractivity contribution in [2.45, 2.75) is 31.5 Å². The molecule has 24 heavy (non-hydrogen) atoms. The Balaban J connectivity index is 0.00000144. The Morgan fingerprint density at radius 2 is 2.17 bits per heavy atom. The van der Waals surface area contributed by atoms with Gasteiger partial charge in [-0.1, -0.05) is 0 Å². The van der Waals surface area contributed by atoms with Crippen molar-refractivity contribution >= 4 is 42.4 Å². The maximum Gasteiger partial charge on any atom is 0.224 e. The Morgan fingerprint density at radius 1 is 1.42 bits per heavy atom. The van der Waals surface area contributed by atoms with Gasteiger partial charge in [-0.15, -0.1) is 24.8 Å². The Kier molecular flexibility index (Phi) is 7.59. The lowest BCUT2D eigenvalue weighted by Gasteiger charge is -2.32. The molecule has 3 rings (SSSR count). The van der Waals surface area contributed by atoms with Crippen LogP contribution in [0.4, 0.5) is 17.6 Å². The molecule has 0 bridgehead atoms. The number of nitrogen functional groups attached to an aromatic ring is 1. The number of hydrogen-bond acceptors (Lipinski definition) is 8. The second kappa shape index (κ2) is 8.75. The highest BCUT2D eigenvalue weighted by Crippen LogP contribution is 2.38. The van der Waals surface area contributed by atoms with E-state index in [1.165, 1.54) is 0 Å². The molecule has 3 heterocycles. The molecule has 1 saturated heterocycles. The van der Waals surface area contributed by atoms with Crippen molar-refractivity contribution in [1.82, 2.24) is 15.3 Å². The van der Waals surface area contributed by atoms with Crippen molar-refractivity contribution in [1.29, 1.82) is 0 Å². The summed E-state index contributed by atoms with van der Waals surface area (Å²) >= 11 is 0. The molecule has 0 aliphatic carbocycles. The second-order valence-corrected chi connectivity index (χ2v) is 5.81. The van der Waals surface area contributed by atoms with Gasteiger partial charge in [0, 0.05) is 26.2 Å². The number of methoxy groups -OCH3 is 1. The van der Waals surface area contributed by atoms with Crippen LogP contribution < -0.4 is 26.0 Å². The van der Waals surface area contributed by atoms with E-state index in [1.807, 2.05) is 14.0 Å². The van der Waals surface area contributed by atoms with Gasteiger partial charge in [0.05, 0.1) is 12.1 Å². The first-order chi connectivity index (χ1) is 10.6. The number of aromatic nitrogens is 2. The zero-order chi connectivity index (χ0) is 15.7. The molecule has 8 nitrogen and oxygen atoms in total. The fourth-order valence-corrected chi connectivity index (χ4v) is 2.90. The summed E-state index contributed by atoms with van der Waals surface area (Å²) in [4.78, 5) is 10.9. The molecule has 0 aromatic carbocycles. The van der Waals surface area contributed by atoms with E-state index >= 15 is 0 Å². The topological polar surface area (TPSA) is 97.6 Å². The molecule has 1 fully saturated rings. The van der Waals surface area contributed by atoms with E-state index in [9.17, 15) is 0 Å². The molecule has 0 spiro atoms. The molecule has 2 aliphatic heterocycles. The largest absolute Gasteiger partial charge is 0.484 e. The van der Waals surface area contributed by atoms with Gasteiger partial charge in [0.2, 0.25) is 11.7 Å². The molecular formula is C14H26Cl2N6O2. The molecule has 0 radical (unpaired) electrons. The molecule has 10 heteroatoms. The highest BCUT2D eigenvalue weighted by molar-refractivity contribution is 5.85. The van der Waals surface area contributed by atoms with E-state index in [-0.39, 0.29) is 42.9 Å². The Labute approximate surface area is 154 Å². The van der Waals surface area contributed by atoms with Crippen LogP contribution in [-0.4, -0.2) is 62.0 Å². The lowest BCUT2D eigenvalue weighted by Crippen LogP contribution is -2.42. The lowest BCUT2D eigenvalue weighted by molar-refractivity contribution is 0.0804. The first kappa shape index (κ1) is 20.8. The van der Waals surface area contributed by atoms with Gasteiger partial charge in [0.15, 0.2) is 11.6 Å². The number of fused-ring (bicyclic) bond motifs is 1. The molecule has 0 saturated carbocycles. The predicted octanol–water partition coefficient (Wildman–Crippen LogP) is 0.908. The fraction of sp³-hybridized carbons (Fsp3) is 0.714. The average Bonchev–Trinajstić information content (AvgIpc) is 3.01. The highest BCUT2D eigenvalue weighted by atomic mass is 35.5. The van der Waals surface area contributed by atoms with Crippen LogP contribution in [0.2, 0.25) is 0 Å². The molecule has 1 aromatic heterocycles. The van der Waals surface area contributed by atoms with E-state index in [0.717, 1.165) is 25.3 Å². The maximum atomic E-state index is 5.94. The monoisotopic (exact) mass is 380 g/mol. The molecule has 1 aromatic rings. The lowest BCUT2D eigenvalue weighted by atomic mass is 10.1. The standard InChI is InChI=1S/C14H24N6O2.2ClH/c1-8(21-3)10-7-22-11-12(17-10)18-14(15)19-13(11)20-5-4-9(6-20)16-2;;/h8-10,16H,4-7H2,1-3H3,(H3,15,17,18,19);2*1H/t8-,9-,10+;;/m1../s1. The minimum absolute atomic E-state index is 0. The van der Waals surface area contributed by atoms with Gasteiger partial charge in [-0.3, -0.25) is 0 Å². The number of hydrogen-bond donors (Lipinski definition) is 3. The van der Waals surface area contributed by atoms with E-state index in [1.54, 1.807) is 7.11 Å². The summed E-state index contributed by atoms with van der Waals surface area (Å²) in [6.45, 7) is 4.33. The van der Waals surface area contributed by atoms with Crippen LogP contribution in [0, 0.1) is 0 Å². The molecule has 0 amide bonds. The van der Waals surface area contributed by atoms with Crippen molar-refractivity contribution in [2.75, 3.05) is 49.8 Å². The number of rotatable bonds is 4. The molecule has 3 atom stereocenters. The average molecular weight is 381 g/mol. The number of nitrogens with two attached hydrogens (primary N) is 1. The Bertz CT molecular complexity index is 550. The van der Waals surface area contributed by atoms with Gasteiger partial charge < -0.3 is 30.7 Å². The summed E-state index contributed by atoms with van der Waals surface area (Å²) in [6, 6.07) is 0.507. The summed E-state index contributed by atoms with van der Waals surface area (Å²) < 4.78 is 11.3. The molecule has 0 unspecified atom stereocenters. The van der Waals surface area contributed by atoms with Crippen LogP contribution in [0.15, 0.2) is 0 Å². The number of likely N-dealkylation sites (N-methyl/N-ethyl adjacent to an activating group) is 1. The van der Waals surface area contributed by atoms with Crippen molar-refractivity contribution < 1.29 is 9.47 Å². The predicted molar refractivity (Wildman–Crippen MR) is 100.0 cm³/mol. The molecule has 2 aliphatic rings. The summed E-state index contributed by atoms with van der Waals surface area (Å²) in [7, 11) is 3.66. The van der Waals surface area contributed by atoms with Gasteiger partial charge in [0.25, 0.3) is 0 Å². The minimum Gasteiger partial charge on any atom is -0.484 e. The Hall–Kier alpha value is -1.22. The van der Waals surface area contributed by atoms with Gasteiger partial charge >= 0.3 is 0 Å².